The molecular weight excluding hydrogens is 412 g/mol. The first kappa shape index (κ1) is 26.0. The highest BCUT2D eigenvalue weighted by Gasteiger charge is 2.41. The standard InChI is InChI=1S/C24H36N2O6/c1-5-19(28)24(10-13-26(4)14-11-24)17-7-6-8-18(15-17)32-20(29)9-12-25-22(31)21(30)23(2,3)16-27/h6-8,15,21,27,30H,5,9-14,16H2,1-4H3,(H,25,31)/t21-/m0/s1. The lowest BCUT2D eigenvalue weighted by Crippen LogP contribution is -2.46. The van der Waals surface area contributed by atoms with Gasteiger partial charge in [0, 0.05) is 18.4 Å². The first-order chi connectivity index (χ1) is 15.1. The molecule has 1 aromatic carbocycles. The molecule has 1 atom stereocenters. The topological polar surface area (TPSA) is 116 Å². The Hall–Kier alpha value is -2.29. The third-order valence-electron chi connectivity index (χ3n) is 6.34. The number of nitrogens with zero attached hydrogens (tertiary/aromatic N) is 1. The number of ether oxygens (including phenoxy) is 1. The highest BCUT2D eigenvalue weighted by Crippen LogP contribution is 2.38. The zero-order valence-corrected chi connectivity index (χ0v) is 19.5. The molecule has 8 heteroatoms. The van der Waals surface area contributed by atoms with Crippen LogP contribution in [0, 0.1) is 5.41 Å². The lowest BCUT2D eigenvalue weighted by Gasteiger charge is -2.40. The Balaban J connectivity index is 1.99. The first-order valence-corrected chi connectivity index (χ1v) is 11.2. The number of carbonyl (C=O) groups is 3. The van der Waals surface area contributed by atoms with Crippen LogP contribution in [0.4, 0.5) is 0 Å². The van der Waals surface area contributed by atoms with Crippen molar-refractivity contribution < 1.29 is 29.3 Å². The summed E-state index contributed by atoms with van der Waals surface area (Å²) in [6, 6.07) is 7.15. The molecule has 178 valence electrons. The molecule has 1 saturated heterocycles. The lowest BCUT2D eigenvalue weighted by atomic mass is 9.69. The van der Waals surface area contributed by atoms with E-state index in [1.165, 1.54) is 0 Å². The second kappa shape index (κ2) is 11.0. The summed E-state index contributed by atoms with van der Waals surface area (Å²) in [5, 5.41) is 21.7. The van der Waals surface area contributed by atoms with E-state index in [9.17, 15) is 24.6 Å². The molecule has 0 bridgehead atoms. The van der Waals surface area contributed by atoms with E-state index in [0.29, 0.717) is 12.2 Å². The zero-order chi connectivity index (χ0) is 23.9. The molecule has 0 radical (unpaired) electrons. The summed E-state index contributed by atoms with van der Waals surface area (Å²) >= 11 is 0. The van der Waals surface area contributed by atoms with Crippen LogP contribution in [0.5, 0.6) is 5.75 Å². The summed E-state index contributed by atoms with van der Waals surface area (Å²) in [7, 11) is 2.04. The number of Topliss-reactive ketones (excluding diaryl/α,β-unsaturated/α-hetero) is 1. The molecule has 1 heterocycles. The first-order valence-electron chi connectivity index (χ1n) is 11.2. The molecule has 0 aromatic heterocycles. The molecule has 8 nitrogen and oxygen atoms in total. The number of benzene rings is 1. The van der Waals surface area contributed by atoms with Crippen molar-refractivity contribution in [2.24, 2.45) is 5.41 Å². The Morgan fingerprint density at radius 3 is 2.50 bits per heavy atom. The number of hydrogen-bond acceptors (Lipinski definition) is 7. The van der Waals surface area contributed by atoms with Gasteiger partial charge in [-0.15, -0.1) is 0 Å². The Labute approximate surface area is 189 Å². The molecule has 1 aromatic rings. The smallest absolute Gasteiger partial charge is 0.312 e. The Bertz CT molecular complexity index is 814. The van der Waals surface area contributed by atoms with Crippen LogP contribution in [-0.2, 0) is 19.8 Å². The maximum absolute atomic E-state index is 12.9. The van der Waals surface area contributed by atoms with Crippen molar-refractivity contribution in [2.75, 3.05) is 33.3 Å². The monoisotopic (exact) mass is 448 g/mol. The second-order valence-corrected chi connectivity index (χ2v) is 9.25. The van der Waals surface area contributed by atoms with Crippen molar-refractivity contribution >= 4 is 17.7 Å². The van der Waals surface area contributed by atoms with Gasteiger partial charge in [0.15, 0.2) is 0 Å². The van der Waals surface area contributed by atoms with Gasteiger partial charge in [0.2, 0.25) is 5.91 Å². The van der Waals surface area contributed by atoms with Gasteiger partial charge in [0.25, 0.3) is 0 Å². The van der Waals surface area contributed by atoms with Crippen molar-refractivity contribution in [3.8, 4) is 5.75 Å². The van der Waals surface area contributed by atoms with Gasteiger partial charge in [-0.05, 0) is 50.7 Å². The molecule has 0 saturated carbocycles. The van der Waals surface area contributed by atoms with Gasteiger partial charge in [-0.25, -0.2) is 0 Å². The van der Waals surface area contributed by atoms with Crippen LogP contribution in [0.1, 0.15) is 52.0 Å². The molecule has 0 aliphatic carbocycles. The second-order valence-electron chi connectivity index (χ2n) is 9.25. The number of esters is 1. The van der Waals surface area contributed by atoms with Crippen LogP contribution < -0.4 is 10.1 Å². The van der Waals surface area contributed by atoms with Gasteiger partial charge in [0.05, 0.1) is 18.4 Å². The van der Waals surface area contributed by atoms with Crippen LogP contribution in [0.2, 0.25) is 0 Å². The number of amides is 1. The van der Waals surface area contributed by atoms with Crippen LogP contribution >= 0.6 is 0 Å². The average Bonchev–Trinajstić information content (AvgIpc) is 2.78. The van der Waals surface area contributed by atoms with Gasteiger partial charge in [-0.1, -0.05) is 32.9 Å². The molecule has 0 spiro atoms. The van der Waals surface area contributed by atoms with E-state index in [4.69, 9.17) is 4.74 Å². The van der Waals surface area contributed by atoms with E-state index in [1.54, 1.807) is 32.0 Å². The number of aliphatic hydroxyl groups is 2. The normalized spacial score (nSPS) is 17.4. The fraction of sp³-hybridized carbons (Fsp3) is 0.625. The molecule has 32 heavy (non-hydrogen) atoms. The fourth-order valence-corrected chi connectivity index (χ4v) is 3.93. The van der Waals surface area contributed by atoms with Gasteiger partial charge >= 0.3 is 5.97 Å². The molecule has 1 amide bonds. The highest BCUT2D eigenvalue weighted by molar-refractivity contribution is 5.90. The predicted molar refractivity (Wildman–Crippen MR) is 120 cm³/mol. The number of likely N-dealkylation sites (tertiary alicyclic amines) is 1. The third-order valence-corrected chi connectivity index (χ3v) is 6.34. The van der Waals surface area contributed by atoms with Crippen molar-refractivity contribution in [2.45, 2.75) is 58.0 Å². The van der Waals surface area contributed by atoms with E-state index < -0.39 is 28.8 Å². The lowest BCUT2D eigenvalue weighted by molar-refractivity contribution is -0.137. The number of hydrogen-bond donors (Lipinski definition) is 3. The van der Waals surface area contributed by atoms with Gasteiger partial charge in [0.1, 0.15) is 17.6 Å². The molecule has 0 unspecified atom stereocenters. The van der Waals surface area contributed by atoms with Crippen molar-refractivity contribution in [1.29, 1.82) is 0 Å². The molecule has 3 N–H and O–H groups in total. The number of aliphatic hydroxyl groups excluding tert-OH is 2. The minimum absolute atomic E-state index is 0.000515. The summed E-state index contributed by atoms with van der Waals surface area (Å²) in [4.78, 5) is 39.4. The number of ketones is 1. The number of rotatable bonds is 10. The molecule has 1 fully saturated rings. The summed E-state index contributed by atoms with van der Waals surface area (Å²) in [5.41, 5.74) is -0.677. The van der Waals surface area contributed by atoms with Gasteiger partial charge in [-0.2, -0.15) is 0 Å². The zero-order valence-electron chi connectivity index (χ0n) is 19.5. The average molecular weight is 449 g/mol. The molecular formula is C24H36N2O6. The van der Waals surface area contributed by atoms with Crippen LogP contribution in [0.25, 0.3) is 0 Å². The summed E-state index contributed by atoms with van der Waals surface area (Å²) in [6.45, 7) is 6.32. The van der Waals surface area contributed by atoms with E-state index >= 15 is 0 Å². The largest absolute Gasteiger partial charge is 0.426 e. The van der Waals surface area contributed by atoms with E-state index in [-0.39, 0.29) is 25.4 Å². The Morgan fingerprint density at radius 2 is 1.91 bits per heavy atom. The number of carbonyl (C=O) groups excluding carboxylic acids is 3. The predicted octanol–water partition coefficient (Wildman–Crippen LogP) is 1.42. The van der Waals surface area contributed by atoms with E-state index in [2.05, 4.69) is 10.2 Å². The van der Waals surface area contributed by atoms with Crippen LogP contribution in [0.15, 0.2) is 24.3 Å². The molecule has 1 aliphatic rings. The summed E-state index contributed by atoms with van der Waals surface area (Å²) < 4.78 is 5.44. The quantitative estimate of drug-likeness (QED) is 0.366. The minimum atomic E-state index is -1.39. The van der Waals surface area contributed by atoms with E-state index in [0.717, 1.165) is 31.5 Å². The van der Waals surface area contributed by atoms with Crippen molar-refractivity contribution in [1.82, 2.24) is 10.2 Å². The highest BCUT2D eigenvalue weighted by atomic mass is 16.5. The van der Waals surface area contributed by atoms with Crippen LogP contribution in [0.3, 0.4) is 0 Å². The SMILES string of the molecule is CCC(=O)C1(c2cccc(OC(=O)CCNC(=O)[C@H](O)C(C)(C)CO)c2)CCN(C)CC1. The molecule has 1 aliphatic heterocycles. The van der Waals surface area contributed by atoms with Crippen molar-refractivity contribution in [3.63, 3.8) is 0 Å². The summed E-state index contributed by atoms with van der Waals surface area (Å²) in [5.74, 6) is -0.623. The third kappa shape index (κ3) is 6.15. The Kier molecular flexibility index (Phi) is 8.95. The van der Waals surface area contributed by atoms with Crippen molar-refractivity contribution in [3.05, 3.63) is 29.8 Å². The fourth-order valence-electron chi connectivity index (χ4n) is 3.93. The number of nitrogens with one attached hydrogen (secondary N) is 1. The Morgan fingerprint density at radius 1 is 1.25 bits per heavy atom. The van der Waals surface area contributed by atoms with Gasteiger partial charge < -0.3 is 25.2 Å². The minimum Gasteiger partial charge on any atom is -0.426 e. The van der Waals surface area contributed by atoms with Crippen LogP contribution in [-0.4, -0.2) is 72.2 Å². The van der Waals surface area contributed by atoms with Gasteiger partial charge in [-0.3, -0.25) is 14.4 Å². The molecule has 2 rings (SSSR count). The summed E-state index contributed by atoms with van der Waals surface area (Å²) in [6.07, 6.45) is 0.443. The number of piperidine rings is 1. The maximum atomic E-state index is 12.9. The van der Waals surface area contributed by atoms with E-state index in [1.807, 2.05) is 20.0 Å². The maximum Gasteiger partial charge on any atom is 0.312 e.